The number of likely N-dealkylation sites (N-methyl/N-ethyl adjacent to an activating group) is 1. The summed E-state index contributed by atoms with van der Waals surface area (Å²) in [4.78, 5) is 14.2. The van der Waals surface area contributed by atoms with Crippen molar-refractivity contribution in [3.05, 3.63) is 0 Å². The van der Waals surface area contributed by atoms with E-state index in [0.29, 0.717) is 30.1 Å². The molecule has 1 aliphatic heterocycles. The summed E-state index contributed by atoms with van der Waals surface area (Å²) in [5.41, 5.74) is 0. The van der Waals surface area contributed by atoms with Crippen molar-refractivity contribution < 1.29 is 14.3 Å². The third kappa shape index (κ3) is 3.59. The third-order valence-electron chi connectivity index (χ3n) is 5.45. The molecule has 1 fully saturated rings. The maximum absolute atomic E-state index is 12.6. The Labute approximate surface area is 130 Å². The van der Waals surface area contributed by atoms with Crippen LogP contribution in [0.3, 0.4) is 0 Å². The standard InChI is InChI=1S/C17H33NO3/c1-9-11(2)13(4)15-14(5)12(3)10-17(20-8,21-15)16(19)18(6)7/h11-15H,9-10H2,1-8H3/t11-,12?,13-,14?,15?,17?/m1/s1. The van der Waals surface area contributed by atoms with Gasteiger partial charge in [-0.1, -0.05) is 41.0 Å². The van der Waals surface area contributed by atoms with Crippen molar-refractivity contribution in [1.29, 1.82) is 0 Å². The summed E-state index contributed by atoms with van der Waals surface area (Å²) in [5.74, 6) is 0.558. The zero-order valence-electron chi connectivity index (χ0n) is 15.0. The van der Waals surface area contributed by atoms with Crippen LogP contribution in [0.1, 0.15) is 47.5 Å². The SMILES string of the molecule is CC[C@@H](C)[C@@H](C)C1OC(OC)(C(=O)N(C)C)CC(C)C1C. The van der Waals surface area contributed by atoms with Crippen LogP contribution in [0.2, 0.25) is 0 Å². The van der Waals surface area contributed by atoms with Gasteiger partial charge in [-0.2, -0.15) is 0 Å². The summed E-state index contributed by atoms with van der Waals surface area (Å²) < 4.78 is 11.9. The summed E-state index contributed by atoms with van der Waals surface area (Å²) >= 11 is 0. The summed E-state index contributed by atoms with van der Waals surface area (Å²) in [6.07, 6.45) is 1.78. The Bertz CT molecular complexity index is 358. The zero-order chi connectivity index (χ0) is 16.4. The molecular weight excluding hydrogens is 266 g/mol. The highest BCUT2D eigenvalue weighted by Gasteiger charge is 2.51. The maximum atomic E-state index is 12.6. The molecule has 4 heteroatoms. The first-order valence-electron chi connectivity index (χ1n) is 8.14. The zero-order valence-corrected chi connectivity index (χ0v) is 15.0. The number of nitrogens with zero attached hydrogens (tertiary/aromatic N) is 1. The Balaban J connectivity index is 3.08. The van der Waals surface area contributed by atoms with Crippen molar-refractivity contribution in [3.63, 3.8) is 0 Å². The van der Waals surface area contributed by atoms with Gasteiger partial charge in [-0.3, -0.25) is 4.79 Å². The molecule has 0 N–H and O–H groups in total. The van der Waals surface area contributed by atoms with Crippen molar-refractivity contribution in [3.8, 4) is 0 Å². The quantitative estimate of drug-likeness (QED) is 0.783. The Kier molecular flexibility index (Phi) is 6.23. The molecule has 124 valence electrons. The first-order chi connectivity index (χ1) is 9.70. The Morgan fingerprint density at radius 1 is 1.38 bits per heavy atom. The molecule has 1 aliphatic rings. The van der Waals surface area contributed by atoms with Crippen LogP contribution in [0.25, 0.3) is 0 Å². The van der Waals surface area contributed by atoms with E-state index in [2.05, 4.69) is 34.6 Å². The van der Waals surface area contributed by atoms with E-state index in [0.717, 1.165) is 6.42 Å². The van der Waals surface area contributed by atoms with E-state index >= 15 is 0 Å². The van der Waals surface area contributed by atoms with Gasteiger partial charge in [0.05, 0.1) is 6.10 Å². The van der Waals surface area contributed by atoms with E-state index in [1.54, 1.807) is 26.1 Å². The second-order valence-corrected chi connectivity index (χ2v) is 7.02. The van der Waals surface area contributed by atoms with Gasteiger partial charge in [-0.15, -0.1) is 0 Å². The number of hydrogen-bond donors (Lipinski definition) is 0. The molecule has 4 nitrogen and oxygen atoms in total. The van der Waals surface area contributed by atoms with Crippen molar-refractivity contribution in [2.75, 3.05) is 21.2 Å². The van der Waals surface area contributed by atoms with Crippen LogP contribution in [0.4, 0.5) is 0 Å². The van der Waals surface area contributed by atoms with E-state index in [1.165, 1.54) is 0 Å². The van der Waals surface area contributed by atoms with Crippen molar-refractivity contribution in [2.24, 2.45) is 23.7 Å². The fourth-order valence-electron chi connectivity index (χ4n) is 3.29. The molecule has 21 heavy (non-hydrogen) atoms. The third-order valence-corrected chi connectivity index (χ3v) is 5.45. The largest absolute Gasteiger partial charge is 0.345 e. The normalized spacial score (nSPS) is 36.1. The lowest BCUT2D eigenvalue weighted by Gasteiger charge is -2.48. The minimum absolute atomic E-state index is 0.0487. The van der Waals surface area contributed by atoms with Gasteiger partial charge >= 0.3 is 0 Å². The number of rotatable bonds is 5. The number of ether oxygens (including phenoxy) is 2. The second-order valence-electron chi connectivity index (χ2n) is 7.02. The first kappa shape index (κ1) is 18.4. The van der Waals surface area contributed by atoms with Gasteiger partial charge in [-0.25, -0.2) is 0 Å². The van der Waals surface area contributed by atoms with Crippen molar-refractivity contribution in [1.82, 2.24) is 4.90 Å². The molecule has 1 rings (SSSR count). The number of carbonyl (C=O) groups excluding carboxylic acids is 1. The van der Waals surface area contributed by atoms with E-state index in [-0.39, 0.29) is 12.0 Å². The average molecular weight is 299 g/mol. The predicted molar refractivity (Wildman–Crippen MR) is 84.9 cm³/mol. The molecule has 6 atom stereocenters. The Morgan fingerprint density at radius 2 is 1.95 bits per heavy atom. The molecule has 0 aromatic carbocycles. The molecule has 0 aliphatic carbocycles. The minimum atomic E-state index is -1.12. The highest BCUT2D eigenvalue weighted by Crippen LogP contribution is 2.42. The fourth-order valence-corrected chi connectivity index (χ4v) is 3.29. The lowest BCUT2D eigenvalue weighted by Crippen LogP contribution is -2.59. The molecule has 0 radical (unpaired) electrons. The van der Waals surface area contributed by atoms with Crippen LogP contribution in [-0.2, 0) is 14.3 Å². The Hall–Kier alpha value is -0.610. The molecule has 1 saturated heterocycles. The van der Waals surface area contributed by atoms with Crippen LogP contribution in [0.15, 0.2) is 0 Å². The van der Waals surface area contributed by atoms with E-state index in [9.17, 15) is 4.79 Å². The summed E-state index contributed by atoms with van der Waals surface area (Å²) in [6, 6.07) is 0. The van der Waals surface area contributed by atoms with Gasteiger partial charge in [-0.05, 0) is 23.7 Å². The maximum Gasteiger partial charge on any atom is 0.282 e. The van der Waals surface area contributed by atoms with Crippen LogP contribution >= 0.6 is 0 Å². The van der Waals surface area contributed by atoms with Gasteiger partial charge in [0.25, 0.3) is 5.91 Å². The number of amides is 1. The van der Waals surface area contributed by atoms with Crippen molar-refractivity contribution >= 4 is 5.91 Å². The average Bonchev–Trinajstić information content (AvgIpc) is 2.47. The van der Waals surface area contributed by atoms with Gasteiger partial charge in [0.1, 0.15) is 0 Å². The van der Waals surface area contributed by atoms with Crippen LogP contribution < -0.4 is 0 Å². The molecule has 0 spiro atoms. The molecule has 4 unspecified atom stereocenters. The molecule has 0 aromatic heterocycles. The van der Waals surface area contributed by atoms with Gasteiger partial charge < -0.3 is 14.4 Å². The smallest absolute Gasteiger partial charge is 0.282 e. The molecule has 0 aromatic rings. The number of hydrogen-bond acceptors (Lipinski definition) is 3. The van der Waals surface area contributed by atoms with Gasteiger partial charge in [0, 0.05) is 27.6 Å². The number of methoxy groups -OCH3 is 1. The molecular formula is C17H33NO3. The highest BCUT2D eigenvalue weighted by molar-refractivity contribution is 5.83. The van der Waals surface area contributed by atoms with Crippen LogP contribution in [0, 0.1) is 23.7 Å². The van der Waals surface area contributed by atoms with E-state index < -0.39 is 5.79 Å². The van der Waals surface area contributed by atoms with Crippen LogP contribution in [-0.4, -0.2) is 43.9 Å². The summed E-state index contributed by atoms with van der Waals surface area (Å²) in [5, 5.41) is 0. The monoisotopic (exact) mass is 299 g/mol. The lowest BCUT2D eigenvalue weighted by atomic mass is 9.74. The lowest BCUT2D eigenvalue weighted by molar-refractivity contribution is -0.289. The van der Waals surface area contributed by atoms with Gasteiger partial charge in [0.15, 0.2) is 0 Å². The Morgan fingerprint density at radius 3 is 2.38 bits per heavy atom. The topological polar surface area (TPSA) is 38.8 Å². The summed E-state index contributed by atoms with van der Waals surface area (Å²) in [7, 11) is 5.08. The highest BCUT2D eigenvalue weighted by atomic mass is 16.7. The minimum Gasteiger partial charge on any atom is -0.345 e. The van der Waals surface area contributed by atoms with Gasteiger partial charge in [0.2, 0.25) is 5.79 Å². The summed E-state index contributed by atoms with van der Waals surface area (Å²) in [6.45, 7) is 11.1. The predicted octanol–water partition coefficient (Wildman–Crippen LogP) is 3.16. The van der Waals surface area contributed by atoms with Crippen molar-refractivity contribution in [2.45, 2.75) is 59.4 Å². The molecule has 1 heterocycles. The molecule has 0 bridgehead atoms. The fraction of sp³-hybridized carbons (Fsp3) is 0.941. The number of carbonyl (C=O) groups is 1. The second kappa shape index (κ2) is 7.10. The first-order valence-corrected chi connectivity index (χ1v) is 8.14. The van der Waals surface area contributed by atoms with Crippen LogP contribution in [0.5, 0.6) is 0 Å². The van der Waals surface area contributed by atoms with E-state index in [1.807, 2.05) is 0 Å². The van der Waals surface area contributed by atoms with E-state index in [4.69, 9.17) is 9.47 Å². The molecule has 1 amide bonds. The molecule has 0 saturated carbocycles.